The Kier molecular flexibility index (Phi) is 10.4. The highest BCUT2D eigenvalue weighted by atomic mass is 127. The van der Waals surface area contributed by atoms with Crippen LogP contribution in [-0.2, 0) is 9.53 Å². The largest absolute Gasteiger partial charge is 0.482 e. The number of aliphatic hydroxyl groups excluding tert-OH is 2. The molecule has 1 amide bonds. The molecule has 0 fully saturated rings. The smallest absolute Gasteiger partial charge is 0.247 e. The third-order valence-electron chi connectivity index (χ3n) is 4.52. The first-order chi connectivity index (χ1) is 13.9. The maximum Gasteiger partial charge on any atom is 0.247 e. The highest BCUT2D eigenvalue weighted by molar-refractivity contribution is 14.1. The van der Waals surface area contributed by atoms with Crippen LogP contribution in [0.1, 0.15) is 26.7 Å². The molecule has 0 aromatic heterocycles. The maximum absolute atomic E-state index is 12.4. The predicted molar refractivity (Wildman–Crippen MR) is 120 cm³/mol. The van der Waals surface area contributed by atoms with Gasteiger partial charge >= 0.3 is 0 Å². The molecular formula is C21H31IN2O5. The summed E-state index contributed by atoms with van der Waals surface area (Å²) < 4.78 is 12.5. The van der Waals surface area contributed by atoms with Crippen LogP contribution in [-0.4, -0.2) is 66.8 Å². The molecule has 0 bridgehead atoms. The van der Waals surface area contributed by atoms with E-state index in [0.29, 0.717) is 30.9 Å². The first-order valence-electron chi connectivity index (χ1n) is 9.96. The number of carbonyl (C=O) groups is 1. The number of rotatable bonds is 11. The topological polar surface area (TPSA) is 100 Å². The number of hydrogen-bond donors (Lipinski definition) is 4. The number of para-hydroxylation sites is 1. The minimum Gasteiger partial charge on any atom is -0.482 e. The molecule has 1 aromatic carbocycles. The molecule has 1 aliphatic carbocycles. The lowest BCUT2D eigenvalue weighted by Crippen LogP contribution is -2.52. The summed E-state index contributed by atoms with van der Waals surface area (Å²) in [6.45, 7) is 5.35. The van der Waals surface area contributed by atoms with Gasteiger partial charge in [-0.3, -0.25) is 4.79 Å². The Hall–Kier alpha value is -1.20. The molecular weight excluding hydrogens is 487 g/mol. The van der Waals surface area contributed by atoms with Crippen LogP contribution in [0.15, 0.2) is 35.9 Å². The van der Waals surface area contributed by atoms with E-state index < -0.39 is 12.2 Å². The predicted octanol–water partition coefficient (Wildman–Crippen LogP) is 1.61. The van der Waals surface area contributed by atoms with Crippen molar-refractivity contribution in [2.24, 2.45) is 0 Å². The van der Waals surface area contributed by atoms with Crippen molar-refractivity contribution in [3.05, 3.63) is 39.5 Å². The summed E-state index contributed by atoms with van der Waals surface area (Å²) in [7, 11) is 0. The molecule has 0 saturated heterocycles. The maximum atomic E-state index is 12.4. The summed E-state index contributed by atoms with van der Waals surface area (Å²) in [6.07, 6.45) is 1.60. The van der Waals surface area contributed by atoms with Crippen molar-refractivity contribution in [3.63, 3.8) is 0 Å². The highest BCUT2D eigenvalue weighted by Gasteiger charge is 2.35. The number of hydrogen-bond acceptors (Lipinski definition) is 6. The summed E-state index contributed by atoms with van der Waals surface area (Å²) in [5.41, 5.74) is 0.538. The van der Waals surface area contributed by atoms with E-state index in [1.165, 1.54) is 0 Å². The number of carbonyl (C=O) groups excluding carboxylic acids is 1. The lowest BCUT2D eigenvalue weighted by Gasteiger charge is -2.34. The van der Waals surface area contributed by atoms with Crippen molar-refractivity contribution >= 4 is 28.5 Å². The molecule has 7 nitrogen and oxygen atoms in total. The van der Waals surface area contributed by atoms with E-state index in [1.54, 1.807) is 6.08 Å². The van der Waals surface area contributed by atoms with E-state index in [4.69, 9.17) is 14.6 Å². The third kappa shape index (κ3) is 7.86. The van der Waals surface area contributed by atoms with Crippen molar-refractivity contribution in [3.8, 4) is 5.75 Å². The van der Waals surface area contributed by atoms with Gasteiger partial charge in [0.1, 0.15) is 18.0 Å². The molecule has 0 saturated carbocycles. The molecule has 0 spiro atoms. The van der Waals surface area contributed by atoms with E-state index in [-0.39, 0.29) is 31.2 Å². The van der Waals surface area contributed by atoms with Crippen LogP contribution in [0.5, 0.6) is 5.75 Å². The van der Waals surface area contributed by atoms with Gasteiger partial charge in [0.05, 0.1) is 16.3 Å². The third-order valence-corrected chi connectivity index (χ3v) is 5.41. The average molecular weight is 518 g/mol. The van der Waals surface area contributed by atoms with Gasteiger partial charge in [0, 0.05) is 24.8 Å². The standard InChI is InChI=1S/C21H31IN2O5/c1-14(2)28-11-5-8-23-17-12-15(21(27)24-9-10-25)13-19(20(17)26)29-18-7-4-3-6-16(18)22/h3-4,6-7,13-14,17,19-20,23,25-26H,5,8-12H2,1-2H3,(H,24,27). The Morgan fingerprint density at radius 3 is 2.76 bits per heavy atom. The molecule has 8 heteroatoms. The first-order valence-corrected chi connectivity index (χ1v) is 11.0. The quantitative estimate of drug-likeness (QED) is 0.263. The zero-order valence-electron chi connectivity index (χ0n) is 16.9. The Bertz CT molecular complexity index is 683. The molecule has 0 radical (unpaired) electrons. The lowest BCUT2D eigenvalue weighted by molar-refractivity contribution is -0.118. The van der Waals surface area contributed by atoms with Crippen LogP contribution in [0.4, 0.5) is 0 Å². The van der Waals surface area contributed by atoms with Crippen LogP contribution in [0, 0.1) is 3.57 Å². The van der Waals surface area contributed by atoms with Crippen molar-refractivity contribution < 1.29 is 24.5 Å². The van der Waals surface area contributed by atoms with Gasteiger partial charge in [-0.05, 0) is 74.0 Å². The van der Waals surface area contributed by atoms with E-state index in [9.17, 15) is 9.90 Å². The monoisotopic (exact) mass is 518 g/mol. The lowest BCUT2D eigenvalue weighted by atomic mass is 9.89. The van der Waals surface area contributed by atoms with Gasteiger partial charge < -0.3 is 30.3 Å². The minimum atomic E-state index is -0.800. The van der Waals surface area contributed by atoms with E-state index in [0.717, 1.165) is 9.99 Å². The van der Waals surface area contributed by atoms with E-state index >= 15 is 0 Å². The molecule has 3 unspecified atom stereocenters. The number of nitrogens with one attached hydrogen (secondary N) is 2. The molecule has 0 heterocycles. The van der Waals surface area contributed by atoms with Gasteiger partial charge in [-0.1, -0.05) is 12.1 Å². The van der Waals surface area contributed by atoms with Crippen LogP contribution in [0.25, 0.3) is 0 Å². The normalized spacial score (nSPS) is 21.7. The summed E-state index contributed by atoms with van der Waals surface area (Å²) in [4.78, 5) is 12.4. The number of benzene rings is 1. The Morgan fingerprint density at radius 2 is 2.07 bits per heavy atom. The molecule has 29 heavy (non-hydrogen) atoms. The van der Waals surface area contributed by atoms with Crippen molar-refractivity contribution in [1.82, 2.24) is 10.6 Å². The van der Waals surface area contributed by atoms with E-state index in [1.807, 2.05) is 38.1 Å². The minimum absolute atomic E-state index is 0.124. The van der Waals surface area contributed by atoms with Crippen LogP contribution in [0.3, 0.4) is 0 Å². The zero-order chi connectivity index (χ0) is 21.2. The number of ether oxygens (including phenoxy) is 2. The molecule has 1 aliphatic rings. The van der Waals surface area contributed by atoms with E-state index in [2.05, 4.69) is 33.2 Å². The molecule has 0 aliphatic heterocycles. The fourth-order valence-corrected chi connectivity index (χ4v) is 3.58. The summed E-state index contributed by atoms with van der Waals surface area (Å²) in [5, 5.41) is 25.8. The first kappa shape index (κ1) is 24.1. The summed E-state index contributed by atoms with van der Waals surface area (Å²) in [6, 6.07) is 7.23. The Balaban J connectivity index is 2.07. The van der Waals surface area contributed by atoms with Crippen molar-refractivity contribution in [2.45, 2.75) is 51.0 Å². The highest BCUT2D eigenvalue weighted by Crippen LogP contribution is 2.27. The fourth-order valence-electron chi connectivity index (χ4n) is 3.07. The Morgan fingerprint density at radius 1 is 1.31 bits per heavy atom. The summed E-state index contributed by atoms with van der Waals surface area (Å²) >= 11 is 2.18. The van der Waals surface area contributed by atoms with Gasteiger partial charge in [-0.25, -0.2) is 0 Å². The van der Waals surface area contributed by atoms with Crippen LogP contribution >= 0.6 is 22.6 Å². The molecule has 162 valence electrons. The van der Waals surface area contributed by atoms with Crippen molar-refractivity contribution in [2.75, 3.05) is 26.3 Å². The molecule has 1 aromatic rings. The van der Waals surface area contributed by atoms with Gasteiger partial charge in [-0.15, -0.1) is 0 Å². The second kappa shape index (κ2) is 12.5. The second-order valence-electron chi connectivity index (χ2n) is 7.21. The van der Waals surface area contributed by atoms with Gasteiger partial charge in [0.25, 0.3) is 0 Å². The van der Waals surface area contributed by atoms with Crippen LogP contribution < -0.4 is 15.4 Å². The molecule has 3 atom stereocenters. The Labute approximate surface area is 186 Å². The van der Waals surface area contributed by atoms with Gasteiger partial charge in [-0.2, -0.15) is 0 Å². The number of halogens is 1. The summed E-state index contributed by atoms with van der Waals surface area (Å²) in [5.74, 6) is 0.409. The number of amides is 1. The fraction of sp³-hybridized carbons (Fsp3) is 0.571. The van der Waals surface area contributed by atoms with Gasteiger partial charge in [0.2, 0.25) is 5.91 Å². The molecule has 2 rings (SSSR count). The SMILES string of the molecule is CC(C)OCCCNC1CC(C(=O)NCCO)=CC(Oc2ccccc2I)C1O. The van der Waals surface area contributed by atoms with Crippen LogP contribution in [0.2, 0.25) is 0 Å². The number of aliphatic hydroxyl groups is 2. The second-order valence-corrected chi connectivity index (χ2v) is 8.37. The molecule has 4 N–H and O–H groups in total. The zero-order valence-corrected chi connectivity index (χ0v) is 19.1. The van der Waals surface area contributed by atoms with Crippen molar-refractivity contribution in [1.29, 1.82) is 0 Å². The van der Waals surface area contributed by atoms with Gasteiger partial charge in [0.15, 0.2) is 0 Å². The average Bonchev–Trinajstić information content (AvgIpc) is 2.69.